The van der Waals surface area contributed by atoms with Crippen LogP contribution >= 0.6 is 0 Å². The van der Waals surface area contributed by atoms with Crippen molar-refractivity contribution in [2.75, 3.05) is 13.2 Å². The van der Waals surface area contributed by atoms with E-state index < -0.39 is 6.10 Å². The quantitative estimate of drug-likeness (QED) is 0.0262. The Morgan fingerprint density at radius 2 is 0.557 bits per heavy atom. The topological polar surface area (TPSA) is 78.9 Å². The molecule has 0 rings (SSSR count). The number of hydrogen-bond donors (Lipinski definition) is 0. The molecule has 1 atom stereocenters. The van der Waals surface area contributed by atoms with Crippen molar-refractivity contribution in [3.8, 4) is 0 Å². The number of carbonyl (C=O) groups excluding carboxylic acids is 3. The Labute approximate surface area is 431 Å². The molecule has 0 aromatic carbocycles. The van der Waals surface area contributed by atoms with Crippen molar-refractivity contribution in [2.45, 2.75) is 264 Å². The highest BCUT2D eigenvalue weighted by Crippen LogP contribution is 2.15. The van der Waals surface area contributed by atoms with Crippen LogP contribution in [0, 0.1) is 0 Å². The van der Waals surface area contributed by atoms with E-state index in [-0.39, 0.29) is 31.1 Å². The molecule has 0 N–H and O–H groups in total. The smallest absolute Gasteiger partial charge is 0.306 e. The maximum absolute atomic E-state index is 12.8. The molecule has 0 spiro atoms. The lowest BCUT2D eigenvalue weighted by Crippen LogP contribution is -2.30. The number of hydrogen-bond acceptors (Lipinski definition) is 6. The first-order valence-electron chi connectivity index (χ1n) is 28.9. The molecule has 1 unspecified atom stereocenters. The number of esters is 3. The van der Waals surface area contributed by atoms with Gasteiger partial charge >= 0.3 is 17.9 Å². The summed E-state index contributed by atoms with van der Waals surface area (Å²) >= 11 is 0. The maximum atomic E-state index is 12.8. The average Bonchev–Trinajstić information content (AvgIpc) is 3.36. The van der Waals surface area contributed by atoms with E-state index in [1.807, 2.05) is 0 Å². The molecule has 0 aliphatic heterocycles. The molecule has 0 saturated heterocycles. The standard InChI is InChI=1S/C64H106O6/c1-4-7-10-13-16-19-22-24-26-27-28-29-30-31-32-33-34-35-36-37-39-40-42-45-48-51-54-57-63(66)69-60-61(59-68-62(65)56-53-50-47-44-21-18-15-12-9-6-3)70-64(67)58-55-52-49-46-43-41-38-25-23-20-17-14-11-8-5-2/h7-8,10-11,16-17,19-20,24-26,28-29,31-32,34-35,38,61H,4-6,9,12-15,18,21-23,27,30,33,36-37,39-60H2,1-3H3/b10-7-,11-8-,19-16-,20-17-,26-24-,29-28-,32-31-,35-34-,38-25-. The van der Waals surface area contributed by atoms with Gasteiger partial charge in [-0.15, -0.1) is 0 Å². The van der Waals surface area contributed by atoms with Gasteiger partial charge in [0.2, 0.25) is 0 Å². The van der Waals surface area contributed by atoms with Gasteiger partial charge < -0.3 is 14.2 Å². The van der Waals surface area contributed by atoms with Crippen molar-refractivity contribution in [3.05, 3.63) is 109 Å². The lowest BCUT2D eigenvalue weighted by molar-refractivity contribution is -0.167. The molecule has 0 aliphatic carbocycles. The second-order valence-electron chi connectivity index (χ2n) is 18.8. The molecular weight excluding hydrogens is 865 g/mol. The predicted octanol–water partition coefficient (Wildman–Crippen LogP) is 19.5. The second-order valence-corrected chi connectivity index (χ2v) is 18.8. The third-order valence-corrected chi connectivity index (χ3v) is 12.0. The van der Waals surface area contributed by atoms with Gasteiger partial charge in [0.15, 0.2) is 6.10 Å². The van der Waals surface area contributed by atoms with Gasteiger partial charge in [0.25, 0.3) is 0 Å². The first-order chi connectivity index (χ1) is 34.5. The Morgan fingerprint density at radius 3 is 0.871 bits per heavy atom. The summed E-state index contributed by atoms with van der Waals surface area (Å²) in [6.07, 6.45) is 78.0. The highest BCUT2D eigenvalue weighted by atomic mass is 16.6. The van der Waals surface area contributed by atoms with Crippen molar-refractivity contribution in [1.82, 2.24) is 0 Å². The third-order valence-electron chi connectivity index (χ3n) is 12.0. The van der Waals surface area contributed by atoms with Crippen LogP contribution in [0.1, 0.15) is 258 Å². The number of ether oxygens (including phenoxy) is 3. The monoisotopic (exact) mass is 971 g/mol. The first kappa shape index (κ1) is 66.1. The van der Waals surface area contributed by atoms with Crippen molar-refractivity contribution in [3.63, 3.8) is 0 Å². The average molecular weight is 972 g/mol. The normalized spacial score (nSPS) is 12.9. The van der Waals surface area contributed by atoms with E-state index in [0.29, 0.717) is 19.3 Å². The molecule has 0 radical (unpaired) electrons. The minimum atomic E-state index is -0.790. The van der Waals surface area contributed by atoms with Crippen molar-refractivity contribution in [1.29, 1.82) is 0 Å². The fourth-order valence-electron chi connectivity index (χ4n) is 7.75. The van der Waals surface area contributed by atoms with Crippen LogP contribution in [0.4, 0.5) is 0 Å². The lowest BCUT2D eigenvalue weighted by atomic mass is 10.1. The van der Waals surface area contributed by atoms with Crippen LogP contribution in [0.5, 0.6) is 0 Å². The summed E-state index contributed by atoms with van der Waals surface area (Å²) in [5.41, 5.74) is 0. The van der Waals surface area contributed by atoms with Gasteiger partial charge in [-0.3, -0.25) is 14.4 Å². The van der Waals surface area contributed by atoms with Crippen LogP contribution in [0.3, 0.4) is 0 Å². The number of unbranched alkanes of at least 4 members (excludes halogenated alkanes) is 22. The Balaban J connectivity index is 4.29. The van der Waals surface area contributed by atoms with Crippen molar-refractivity contribution < 1.29 is 28.6 Å². The summed E-state index contributed by atoms with van der Waals surface area (Å²) in [6, 6.07) is 0. The fraction of sp³-hybridized carbons (Fsp3) is 0.672. The van der Waals surface area contributed by atoms with Crippen LogP contribution in [-0.2, 0) is 28.6 Å². The van der Waals surface area contributed by atoms with E-state index >= 15 is 0 Å². The van der Waals surface area contributed by atoms with Crippen molar-refractivity contribution in [2.24, 2.45) is 0 Å². The Kier molecular flexibility index (Phi) is 54.4. The van der Waals surface area contributed by atoms with E-state index in [2.05, 4.69) is 130 Å². The molecule has 0 aromatic heterocycles. The molecule has 0 saturated carbocycles. The summed E-state index contributed by atoms with van der Waals surface area (Å²) in [7, 11) is 0. The number of allylic oxidation sites excluding steroid dienone is 18. The molecule has 0 bridgehead atoms. The summed E-state index contributed by atoms with van der Waals surface area (Å²) in [4.78, 5) is 38.1. The van der Waals surface area contributed by atoms with E-state index in [1.54, 1.807) is 0 Å². The minimum Gasteiger partial charge on any atom is -0.462 e. The molecule has 6 nitrogen and oxygen atoms in total. The van der Waals surface area contributed by atoms with E-state index in [9.17, 15) is 14.4 Å². The summed E-state index contributed by atoms with van der Waals surface area (Å²) in [5, 5.41) is 0. The van der Waals surface area contributed by atoms with Crippen LogP contribution < -0.4 is 0 Å². The SMILES string of the molecule is CC/C=C\C/C=C\C/C=C\C/C=C\C/C=C\C/C=C\CCCCCCCCCCC(=O)OCC(COC(=O)CCCCCCCCCCCC)OC(=O)CCCCCCC/C=C\C/C=C\C/C=C\CC. The van der Waals surface area contributed by atoms with E-state index in [4.69, 9.17) is 14.2 Å². The largest absolute Gasteiger partial charge is 0.462 e. The molecule has 6 heteroatoms. The van der Waals surface area contributed by atoms with Crippen LogP contribution in [0.25, 0.3) is 0 Å². The van der Waals surface area contributed by atoms with Crippen LogP contribution in [0.15, 0.2) is 109 Å². The van der Waals surface area contributed by atoms with Crippen LogP contribution in [0.2, 0.25) is 0 Å². The fourth-order valence-corrected chi connectivity index (χ4v) is 7.75. The molecule has 0 aromatic rings. The first-order valence-corrected chi connectivity index (χ1v) is 28.9. The predicted molar refractivity (Wildman–Crippen MR) is 302 cm³/mol. The third kappa shape index (κ3) is 55.0. The Hall–Kier alpha value is -3.93. The van der Waals surface area contributed by atoms with Gasteiger partial charge in [0.05, 0.1) is 0 Å². The lowest BCUT2D eigenvalue weighted by Gasteiger charge is -2.18. The zero-order valence-electron chi connectivity index (χ0n) is 45.5. The number of rotatable bonds is 51. The Bertz CT molecular complexity index is 1440. The Morgan fingerprint density at radius 1 is 0.300 bits per heavy atom. The number of carbonyl (C=O) groups is 3. The van der Waals surface area contributed by atoms with Crippen LogP contribution in [-0.4, -0.2) is 37.2 Å². The zero-order valence-corrected chi connectivity index (χ0v) is 45.5. The summed E-state index contributed by atoms with van der Waals surface area (Å²) < 4.78 is 16.8. The van der Waals surface area contributed by atoms with Gasteiger partial charge in [-0.1, -0.05) is 246 Å². The zero-order chi connectivity index (χ0) is 50.7. The molecular formula is C64H106O6. The molecule has 0 amide bonds. The summed E-state index contributed by atoms with van der Waals surface area (Å²) in [5.74, 6) is -0.914. The molecule has 0 heterocycles. The summed E-state index contributed by atoms with van der Waals surface area (Å²) in [6.45, 7) is 6.38. The minimum absolute atomic E-state index is 0.0871. The van der Waals surface area contributed by atoms with Gasteiger partial charge in [0, 0.05) is 19.3 Å². The molecule has 0 aliphatic rings. The van der Waals surface area contributed by atoms with Gasteiger partial charge in [-0.2, -0.15) is 0 Å². The van der Waals surface area contributed by atoms with E-state index in [1.165, 1.54) is 77.0 Å². The molecule has 70 heavy (non-hydrogen) atoms. The molecule has 398 valence electrons. The van der Waals surface area contributed by atoms with Gasteiger partial charge in [0.1, 0.15) is 13.2 Å². The molecule has 0 fully saturated rings. The van der Waals surface area contributed by atoms with Crippen molar-refractivity contribution >= 4 is 17.9 Å². The van der Waals surface area contributed by atoms with E-state index in [0.717, 1.165) is 141 Å². The highest BCUT2D eigenvalue weighted by Gasteiger charge is 2.19. The maximum Gasteiger partial charge on any atom is 0.306 e. The van der Waals surface area contributed by atoms with Gasteiger partial charge in [-0.25, -0.2) is 0 Å². The second kappa shape index (κ2) is 57.6. The highest BCUT2D eigenvalue weighted by molar-refractivity contribution is 5.71. The van der Waals surface area contributed by atoms with Gasteiger partial charge in [-0.05, 0) is 103 Å².